The van der Waals surface area contributed by atoms with E-state index in [-0.39, 0.29) is 46.1 Å². The fourth-order valence-corrected chi connectivity index (χ4v) is 6.08. The Balaban J connectivity index is 5.58. The molecule has 0 radical (unpaired) electrons. The molecule has 0 aromatic carbocycles. The normalized spacial score (nSPS) is 20.3. The molecule has 6 heteroatoms. The highest BCUT2D eigenvalue weighted by atomic mass is 16.5. The predicted molar refractivity (Wildman–Crippen MR) is 182 cm³/mol. The van der Waals surface area contributed by atoms with E-state index in [1.54, 1.807) is 0 Å². The van der Waals surface area contributed by atoms with Gasteiger partial charge in [-0.2, -0.15) is 0 Å². The van der Waals surface area contributed by atoms with Gasteiger partial charge < -0.3 is 29.6 Å². The number of nitrogens with one attached hydrogen (secondary N) is 2. The smallest absolute Gasteiger partial charge is 0.0779 e. The maximum absolute atomic E-state index is 6.90. The van der Waals surface area contributed by atoms with Gasteiger partial charge in [0.15, 0.2) is 0 Å². The van der Waals surface area contributed by atoms with Gasteiger partial charge in [0.25, 0.3) is 0 Å². The van der Waals surface area contributed by atoms with E-state index in [0.29, 0.717) is 19.3 Å². The standard InChI is InChI=1S/C36H76N2O4/c1-17-21-22-36(20-4,27-40-35(14,19-3)25-30(7)42-33(11,12)31(8)38-16)26-39-34(13,18-2)24-29(6)41-32(9,10)23-28(5)37-15/h28-31,37-38H,17-27H2,1-16H3. The van der Waals surface area contributed by atoms with Crippen molar-refractivity contribution >= 4 is 0 Å². The van der Waals surface area contributed by atoms with Crippen LogP contribution in [0, 0.1) is 5.41 Å². The third kappa shape index (κ3) is 15.2. The molecule has 7 unspecified atom stereocenters. The third-order valence-electron chi connectivity index (χ3n) is 9.99. The molecule has 0 spiro atoms. The number of ether oxygens (including phenoxy) is 4. The summed E-state index contributed by atoms with van der Waals surface area (Å²) >= 11 is 0. The molecule has 0 amide bonds. The molecule has 0 saturated heterocycles. The lowest BCUT2D eigenvalue weighted by Crippen LogP contribution is -2.48. The molecule has 7 atom stereocenters. The second kappa shape index (κ2) is 18.7. The summed E-state index contributed by atoms with van der Waals surface area (Å²) in [5, 5.41) is 6.68. The van der Waals surface area contributed by atoms with Gasteiger partial charge in [-0.25, -0.2) is 0 Å². The lowest BCUT2D eigenvalue weighted by molar-refractivity contribution is -0.162. The Hall–Kier alpha value is -0.240. The van der Waals surface area contributed by atoms with E-state index < -0.39 is 0 Å². The highest BCUT2D eigenvalue weighted by molar-refractivity contribution is 4.88. The van der Waals surface area contributed by atoms with E-state index in [1.165, 1.54) is 12.8 Å². The van der Waals surface area contributed by atoms with Crippen LogP contribution in [0.2, 0.25) is 0 Å². The molecule has 0 aromatic rings. The van der Waals surface area contributed by atoms with Crippen molar-refractivity contribution in [3.8, 4) is 0 Å². The van der Waals surface area contributed by atoms with Crippen molar-refractivity contribution in [2.45, 2.75) is 201 Å². The van der Waals surface area contributed by atoms with Crippen LogP contribution in [0.4, 0.5) is 0 Å². The van der Waals surface area contributed by atoms with Crippen molar-refractivity contribution in [3.05, 3.63) is 0 Å². The van der Waals surface area contributed by atoms with Crippen LogP contribution >= 0.6 is 0 Å². The zero-order chi connectivity index (χ0) is 32.8. The SMILES string of the molecule is CCCCC(CC)(COC(C)(CC)CC(C)OC(C)(C)CC(C)NC)COC(C)(CC)CC(C)OC(C)(C)C(C)NC. The van der Waals surface area contributed by atoms with Gasteiger partial charge in [0.2, 0.25) is 0 Å². The molecule has 0 aromatic heterocycles. The molecule has 0 fully saturated rings. The van der Waals surface area contributed by atoms with Crippen LogP contribution in [-0.4, -0.2) is 74.0 Å². The largest absolute Gasteiger partial charge is 0.375 e. The summed E-state index contributed by atoms with van der Waals surface area (Å²) < 4.78 is 26.9. The Morgan fingerprint density at radius 3 is 1.48 bits per heavy atom. The lowest BCUT2D eigenvalue weighted by atomic mass is 9.80. The average molecular weight is 601 g/mol. The van der Waals surface area contributed by atoms with Crippen LogP contribution in [0.25, 0.3) is 0 Å². The van der Waals surface area contributed by atoms with Gasteiger partial charge in [0.1, 0.15) is 0 Å². The van der Waals surface area contributed by atoms with E-state index in [1.807, 2.05) is 14.1 Å². The van der Waals surface area contributed by atoms with Crippen molar-refractivity contribution in [2.24, 2.45) is 5.41 Å². The maximum Gasteiger partial charge on any atom is 0.0779 e. The van der Waals surface area contributed by atoms with E-state index in [0.717, 1.165) is 44.9 Å². The number of hydrogen-bond acceptors (Lipinski definition) is 6. The lowest BCUT2D eigenvalue weighted by Gasteiger charge is -2.42. The molecule has 0 aliphatic carbocycles. The van der Waals surface area contributed by atoms with E-state index >= 15 is 0 Å². The molecule has 42 heavy (non-hydrogen) atoms. The first-order valence-corrected chi connectivity index (χ1v) is 17.3. The summed E-state index contributed by atoms with van der Waals surface area (Å²) in [5.74, 6) is 0. The van der Waals surface area contributed by atoms with Crippen molar-refractivity contribution in [1.29, 1.82) is 0 Å². The van der Waals surface area contributed by atoms with Crippen LogP contribution in [0.15, 0.2) is 0 Å². The van der Waals surface area contributed by atoms with Crippen molar-refractivity contribution in [1.82, 2.24) is 10.6 Å². The maximum atomic E-state index is 6.90. The Kier molecular flexibility index (Phi) is 18.6. The highest BCUT2D eigenvalue weighted by Gasteiger charge is 2.38. The van der Waals surface area contributed by atoms with Crippen molar-refractivity contribution in [2.75, 3.05) is 27.3 Å². The Morgan fingerprint density at radius 2 is 1.10 bits per heavy atom. The molecule has 0 bridgehead atoms. The second-order valence-electron chi connectivity index (χ2n) is 15.2. The highest BCUT2D eigenvalue weighted by Crippen LogP contribution is 2.37. The fraction of sp³-hybridized carbons (Fsp3) is 1.00. The summed E-state index contributed by atoms with van der Waals surface area (Å²) in [6.07, 6.45) is 9.30. The minimum Gasteiger partial charge on any atom is -0.375 e. The van der Waals surface area contributed by atoms with E-state index in [4.69, 9.17) is 18.9 Å². The minimum absolute atomic E-state index is 0.0154. The number of unbranched alkanes of at least 4 members (excludes halogenated alkanes) is 1. The van der Waals surface area contributed by atoms with Crippen LogP contribution in [0.3, 0.4) is 0 Å². The molecular formula is C36H76N2O4. The van der Waals surface area contributed by atoms with Crippen LogP contribution in [0.1, 0.15) is 155 Å². The molecule has 0 aliphatic heterocycles. The first-order valence-electron chi connectivity index (χ1n) is 17.3. The van der Waals surface area contributed by atoms with Gasteiger partial charge in [0.05, 0.1) is 47.8 Å². The first kappa shape index (κ1) is 41.8. The molecule has 0 aliphatic rings. The summed E-state index contributed by atoms with van der Waals surface area (Å²) in [7, 11) is 4.00. The number of rotatable bonds is 25. The zero-order valence-electron chi connectivity index (χ0n) is 31.2. The van der Waals surface area contributed by atoms with E-state index in [9.17, 15) is 0 Å². The van der Waals surface area contributed by atoms with Crippen LogP contribution in [-0.2, 0) is 18.9 Å². The zero-order valence-corrected chi connectivity index (χ0v) is 31.2. The molecule has 2 N–H and O–H groups in total. The quantitative estimate of drug-likeness (QED) is 0.109. The van der Waals surface area contributed by atoms with Crippen LogP contribution in [0.5, 0.6) is 0 Å². The topological polar surface area (TPSA) is 61.0 Å². The molecule has 0 rings (SSSR count). The summed E-state index contributed by atoms with van der Waals surface area (Å²) in [4.78, 5) is 0. The third-order valence-corrected chi connectivity index (χ3v) is 9.99. The Morgan fingerprint density at radius 1 is 0.619 bits per heavy atom. The monoisotopic (exact) mass is 601 g/mol. The van der Waals surface area contributed by atoms with Gasteiger partial charge in [0, 0.05) is 30.3 Å². The van der Waals surface area contributed by atoms with E-state index in [2.05, 4.69) is 108 Å². The van der Waals surface area contributed by atoms with Crippen molar-refractivity contribution < 1.29 is 18.9 Å². The van der Waals surface area contributed by atoms with Gasteiger partial charge in [-0.3, -0.25) is 0 Å². The molecule has 6 nitrogen and oxygen atoms in total. The average Bonchev–Trinajstić information content (AvgIpc) is 2.91. The second-order valence-corrected chi connectivity index (χ2v) is 15.2. The number of likely N-dealkylation sites (N-methyl/N-ethyl adjacent to an activating group) is 1. The minimum atomic E-state index is -0.253. The molecule has 0 heterocycles. The molecular weight excluding hydrogens is 524 g/mol. The first-order chi connectivity index (χ1) is 19.3. The summed E-state index contributed by atoms with van der Waals surface area (Å²) in [5.41, 5.74) is -0.958. The summed E-state index contributed by atoms with van der Waals surface area (Å²) in [6, 6.07) is 0.674. The Bertz CT molecular complexity index is 717. The molecule has 254 valence electrons. The van der Waals surface area contributed by atoms with Crippen molar-refractivity contribution in [3.63, 3.8) is 0 Å². The summed E-state index contributed by atoms with van der Waals surface area (Å²) in [6.45, 7) is 32.5. The predicted octanol–water partition coefficient (Wildman–Crippen LogP) is 8.70. The van der Waals surface area contributed by atoms with Gasteiger partial charge in [-0.05, 0) is 115 Å². The molecule has 0 saturated carbocycles. The number of hydrogen-bond donors (Lipinski definition) is 2. The van der Waals surface area contributed by atoms with Crippen LogP contribution < -0.4 is 10.6 Å². The Labute approximate surface area is 263 Å². The van der Waals surface area contributed by atoms with Gasteiger partial charge in [-0.1, -0.05) is 40.5 Å². The van der Waals surface area contributed by atoms with Gasteiger partial charge >= 0.3 is 0 Å². The fourth-order valence-electron chi connectivity index (χ4n) is 6.08. The van der Waals surface area contributed by atoms with Gasteiger partial charge in [-0.15, -0.1) is 0 Å².